The summed E-state index contributed by atoms with van der Waals surface area (Å²) in [6.07, 6.45) is 3.60. The molecule has 0 saturated carbocycles. The summed E-state index contributed by atoms with van der Waals surface area (Å²) in [7, 11) is 1.58. The van der Waals surface area contributed by atoms with Crippen LogP contribution in [0.3, 0.4) is 0 Å². The molecule has 4 rings (SSSR count). The standard InChI is InChI=1S/C25H26N4O3/c1-32-21-8-6-20(7-9-21)24(30)27-23-5-3-2-4-22(23)25(31)29-16-14-28(15-17-29)18-19-10-12-26-13-11-19/h2-13H,14-18H2,1H3,(H,27,30). The van der Waals surface area contributed by atoms with Gasteiger partial charge in [0.1, 0.15) is 5.75 Å². The van der Waals surface area contributed by atoms with Crippen molar-refractivity contribution in [2.45, 2.75) is 6.54 Å². The van der Waals surface area contributed by atoms with Crippen molar-refractivity contribution in [1.82, 2.24) is 14.8 Å². The Balaban J connectivity index is 1.39. The lowest BCUT2D eigenvalue weighted by Crippen LogP contribution is -2.48. The van der Waals surface area contributed by atoms with Crippen LogP contribution in [0.2, 0.25) is 0 Å². The third-order valence-corrected chi connectivity index (χ3v) is 5.57. The second-order valence-corrected chi connectivity index (χ2v) is 7.65. The highest BCUT2D eigenvalue weighted by atomic mass is 16.5. The van der Waals surface area contributed by atoms with E-state index in [1.807, 2.05) is 29.2 Å². The molecule has 1 fully saturated rings. The van der Waals surface area contributed by atoms with Gasteiger partial charge in [0.05, 0.1) is 18.4 Å². The lowest BCUT2D eigenvalue weighted by atomic mass is 10.1. The van der Waals surface area contributed by atoms with Gasteiger partial charge in [0.15, 0.2) is 0 Å². The maximum atomic E-state index is 13.2. The molecule has 7 heteroatoms. The first-order valence-electron chi connectivity index (χ1n) is 10.6. The van der Waals surface area contributed by atoms with Crippen molar-refractivity contribution < 1.29 is 14.3 Å². The molecule has 0 atom stereocenters. The molecule has 1 aliphatic heterocycles. The smallest absolute Gasteiger partial charge is 0.256 e. The number of hydrogen-bond donors (Lipinski definition) is 1. The molecule has 0 unspecified atom stereocenters. The van der Waals surface area contributed by atoms with Gasteiger partial charge in [-0.05, 0) is 54.1 Å². The van der Waals surface area contributed by atoms with Crippen molar-refractivity contribution in [3.8, 4) is 5.75 Å². The minimum absolute atomic E-state index is 0.0702. The highest BCUT2D eigenvalue weighted by Gasteiger charge is 2.24. The van der Waals surface area contributed by atoms with Gasteiger partial charge in [-0.2, -0.15) is 0 Å². The Morgan fingerprint density at radius 3 is 2.31 bits per heavy atom. The number of carbonyl (C=O) groups is 2. The van der Waals surface area contributed by atoms with Crippen LogP contribution in [0.4, 0.5) is 5.69 Å². The van der Waals surface area contributed by atoms with E-state index < -0.39 is 0 Å². The van der Waals surface area contributed by atoms with Crippen LogP contribution in [-0.2, 0) is 6.54 Å². The number of methoxy groups -OCH3 is 1. The average Bonchev–Trinajstić information content (AvgIpc) is 2.85. The van der Waals surface area contributed by atoms with E-state index in [0.29, 0.717) is 35.7 Å². The first-order chi connectivity index (χ1) is 15.6. The highest BCUT2D eigenvalue weighted by molar-refractivity contribution is 6.09. The monoisotopic (exact) mass is 430 g/mol. The molecule has 1 N–H and O–H groups in total. The number of nitrogens with one attached hydrogen (secondary N) is 1. The third-order valence-electron chi connectivity index (χ3n) is 5.57. The Bertz CT molecular complexity index is 1060. The summed E-state index contributed by atoms with van der Waals surface area (Å²) in [6, 6.07) is 18.0. The van der Waals surface area contributed by atoms with E-state index in [4.69, 9.17) is 4.74 Å². The van der Waals surface area contributed by atoms with Gasteiger partial charge in [-0.1, -0.05) is 12.1 Å². The largest absolute Gasteiger partial charge is 0.497 e. The molecule has 32 heavy (non-hydrogen) atoms. The van der Waals surface area contributed by atoms with Crippen molar-refractivity contribution in [3.05, 3.63) is 89.7 Å². The minimum atomic E-state index is -0.268. The number of nitrogens with zero attached hydrogens (tertiary/aromatic N) is 3. The van der Waals surface area contributed by atoms with Gasteiger partial charge < -0.3 is 15.0 Å². The van der Waals surface area contributed by atoms with Crippen LogP contribution < -0.4 is 10.1 Å². The number of anilines is 1. The van der Waals surface area contributed by atoms with E-state index in [2.05, 4.69) is 15.2 Å². The molecular weight excluding hydrogens is 404 g/mol. The van der Waals surface area contributed by atoms with E-state index in [0.717, 1.165) is 19.6 Å². The number of rotatable bonds is 6. The van der Waals surface area contributed by atoms with Crippen molar-refractivity contribution in [2.75, 3.05) is 38.6 Å². The van der Waals surface area contributed by atoms with E-state index in [9.17, 15) is 9.59 Å². The summed E-state index contributed by atoms with van der Waals surface area (Å²) in [5, 5.41) is 2.88. The Hall–Kier alpha value is -3.71. The second kappa shape index (κ2) is 10.1. The van der Waals surface area contributed by atoms with Gasteiger partial charge >= 0.3 is 0 Å². The molecule has 2 aromatic carbocycles. The Morgan fingerprint density at radius 1 is 0.938 bits per heavy atom. The molecule has 2 heterocycles. The fourth-order valence-electron chi connectivity index (χ4n) is 3.74. The molecule has 1 aliphatic rings. The number of benzene rings is 2. The zero-order valence-corrected chi connectivity index (χ0v) is 18.0. The predicted molar refractivity (Wildman–Crippen MR) is 123 cm³/mol. The molecule has 0 aliphatic carbocycles. The van der Waals surface area contributed by atoms with Crippen molar-refractivity contribution in [3.63, 3.8) is 0 Å². The molecule has 0 bridgehead atoms. The number of carbonyl (C=O) groups excluding carboxylic acids is 2. The molecule has 1 aromatic heterocycles. The van der Waals surface area contributed by atoms with Crippen molar-refractivity contribution in [1.29, 1.82) is 0 Å². The van der Waals surface area contributed by atoms with E-state index in [1.54, 1.807) is 55.9 Å². The van der Waals surface area contributed by atoms with Crippen LogP contribution in [-0.4, -0.2) is 59.9 Å². The van der Waals surface area contributed by atoms with E-state index >= 15 is 0 Å². The minimum Gasteiger partial charge on any atom is -0.497 e. The second-order valence-electron chi connectivity index (χ2n) is 7.65. The SMILES string of the molecule is COc1ccc(C(=O)Nc2ccccc2C(=O)N2CCN(Cc3ccncc3)CC2)cc1. The Morgan fingerprint density at radius 2 is 1.62 bits per heavy atom. The fraction of sp³-hybridized carbons (Fsp3) is 0.240. The van der Waals surface area contributed by atoms with E-state index in [1.165, 1.54) is 5.56 Å². The van der Waals surface area contributed by atoms with Gasteiger partial charge in [0.2, 0.25) is 0 Å². The maximum Gasteiger partial charge on any atom is 0.256 e. The number of piperazine rings is 1. The number of para-hydroxylation sites is 1. The van der Waals surface area contributed by atoms with Gasteiger partial charge in [0.25, 0.3) is 11.8 Å². The maximum absolute atomic E-state index is 13.2. The van der Waals surface area contributed by atoms with Crippen LogP contribution in [0.15, 0.2) is 73.1 Å². The number of aromatic nitrogens is 1. The molecule has 7 nitrogen and oxygen atoms in total. The molecular formula is C25H26N4O3. The fourth-order valence-corrected chi connectivity index (χ4v) is 3.74. The molecule has 3 aromatic rings. The van der Waals surface area contributed by atoms with Crippen molar-refractivity contribution >= 4 is 17.5 Å². The number of amides is 2. The number of hydrogen-bond acceptors (Lipinski definition) is 5. The van der Waals surface area contributed by atoms with E-state index in [-0.39, 0.29) is 11.8 Å². The summed E-state index contributed by atoms with van der Waals surface area (Å²) in [5.74, 6) is 0.342. The topological polar surface area (TPSA) is 74.8 Å². The van der Waals surface area contributed by atoms with Gasteiger partial charge in [-0.25, -0.2) is 0 Å². The Kier molecular flexibility index (Phi) is 6.77. The lowest BCUT2D eigenvalue weighted by molar-refractivity contribution is 0.0629. The Labute approximate surface area is 187 Å². The summed E-state index contributed by atoms with van der Waals surface area (Å²) < 4.78 is 5.14. The van der Waals surface area contributed by atoms with Gasteiger partial charge in [-0.15, -0.1) is 0 Å². The average molecular weight is 431 g/mol. The summed E-state index contributed by atoms with van der Waals surface area (Å²) in [5.41, 5.74) is 2.72. The van der Waals surface area contributed by atoms with Crippen LogP contribution in [0, 0.1) is 0 Å². The lowest BCUT2D eigenvalue weighted by Gasteiger charge is -2.35. The molecule has 1 saturated heterocycles. The number of ether oxygens (including phenoxy) is 1. The molecule has 0 radical (unpaired) electrons. The normalized spacial score (nSPS) is 14.1. The van der Waals surface area contributed by atoms with Gasteiger partial charge in [-0.3, -0.25) is 19.5 Å². The predicted octanol–water partition coefficient (Wildman–Crippen LogP) is 3.30. The number of pyridine rings is 1. The van der Waals surface area contributed by atoms with Gasteiger partial charge in [0, 0.05) is 50.7 Å². The van der Waals surface area contributed by atoms with Crippen LogP contribution in [0.5, 0.6) is 5.75 Å². The quantitative estimate of drug-likeness (QED) is 0.650. The zero-order chi connectivity index (χ0) is 22.3. The first kappa shape index (κ1) is 21.5. The van der Waals surface area contributed by atoms with Crippen LogP contribution in [0.1, 0.15) is 26.3 Å². The molecule has 2 amide bonds. The third kappa shape index (κ3) is 5.12. The molecule has 164 valence electrons. The van der Waals surface area contributed by atoms with Crippen LogP contribution >= 0.6 is 0 Å². The van der Waals surface area contributed by atoms with Crippen molar-refractivity contribution in [2.24, 2.45) is 0 Å². The first-order valence-corrected chi connectivity index (χ1v) is 10.6. The molecule has 0 spiro atoms. The summed E-state index contributed by atoms with van der Waals surface area (Å²) >= 11 is 0. The zero-order valence-electron chi connectivity index (χ0n) is 18.0. The summed E-state index contributed by atoms with van der Waals surface area (Å²) in [6.45, 7) is 3.73. The highest BCUT2D eigenvalue weighted by Crippen LogP contribution is 2.20. The van der Waals surface area contributed by atoms with Crippen LogP contribution in [0.25, 0.3) is 0 Å². The summed E-state index contributed by atoms with van der Waals surface area (Å²) in [4.78, 5) is 34.1.